The van der Waals surface area contributed by atoms with Crippen molar-refractivity contribution in [3.8, 4) is 0 Å². The zero-order valence-electron chi connectivity index (χ0n) is 13.7. The lowest BCUT2D eigenvalue weighted by atomic mass is 10.2. The molecule has 0 aromatic heterocycles. The Kier molecular flexibility index (Phi) is 7.56. The van der Waals surface area contributed by atoms with Gasteiger partial charge in [-0.05, 0) is 18.4 Å². The third-order valence-corrected chi connectivity index (χ3v) is 4.87. The average Bonchev–Trinajstić information content (AvgIpc) is 2.65. The summed E-state index contributed by atoms with van der Waals surface area (Å²) in [5.74, 6) is -0.695. The molecular weight excluding hydrogens is 356 g/mol. The molecule has 0 saturated carbocycles. The highest BCUT2D eigenvalue weighted by atomic mass is 32.2. The molecule has 2 amide bonds. The third kappa shape index (κ3) is 6.28. The van der Waals surface area contributed by atoms with Crippen molar-refractivity contribution < 1.29 is 14.4 Å². The van der Waals surface area contributed by atoms with Gasteiger partial charge in [-0.15, -0.1) is 11.8 Å². The smallest absolute Gasteiger partial charge is 0.243 e. The maximum atomic E-state index is 11.9. The molecule has 0 fully saturated rings. The van der Waals surface area contributed by atoms with E-state index in [4.69, 9.17) is 0 Å². The molecule has 2 aromatic carbocycles. The van der Waals surface area contributed by atoms with E-state index in [-0.39, 0.29) is 29.2 Å². The predicted molar refractivity (Wildman–Crippen MR) is 103 cm³/mol. The van der Waals surface area contributed by atoms with Crippen molar-refractivity contribution in [1.82, 2.24) is 5.32 Å². The Labute approximate surface area is 155 Å². The largest absolute Gasteiger partial charge is 0.346 e. The van der Waals surface area contributed by atoms with Gasteiger partial charge in [0.05, 0.1) is 18.0 Å². The van der Waals surface area contributed by atoms with Crippen molar-refractivity contribution >= 4 is 46.1 Å². The molecule has 0 heterocycles. The van der Waals surface area contributed by atoms with E-state index in [1.165, 1.54) is 11.8 Å². The van der Waals surface area contributed by atoms with E-state index in [1.54, 1.807) is 30.3 Å². The van der Waals surface area contributed by atoms with Crippen LogP contribution in [0.25, 0.3) is 0 Å². The first kappa shape index (κ1) is 19.1. The number of rotatable bonds is 7. The van der Waals surface area contributed by atoms with Gasteiger partial charge in [-0.3, -0.25) is 14.4 Å². The maximum Gasteiger partial charge on any atom is 0.243 e. The summed E-state index contributed by atoms with van der Waals surface area (Å²) in [6.45, 7) is -0.137. The second-order valence-electron chi connectivity index (χ2n) is 4.97. The molecule has 0 aliphatic rings. The first-order chi connectivity index (χ1) is 12.1. The molecule has 2 aromatic rings. The van der Waals surface area contributed by atoms with Crippen LogP contribution in [0.3, 0.4) is 0 Å². The highest BCUT2D eigenvalue weighted by Crippen LogP contribution is 2.24. The molecule has 0 atom stereocenters. The summed E-state index contributed by atoms with van der Waals surface area (Å²) in [5, 5.41) is 5.10. The number of anilines is 1. The van der Waals surface area contributed by atoms with Gasteiger partial charge in [0.1, 0.15) is 0 Å². The Hall–Kier alpha value is -2.25. The predicted octanol–water partition coefficient (Wildman–Crippen LogP) is 3.04. The number of nitrogens with one attached hydrogen (secondary N) is 2. The molecule has 0 aliphatic carbocycles. The molecule has 5 nitrogen and oxygen atoms in total. The van der Waals surface area contributed by atoms with E-state index in [1.807, 2.05) is 30.5 Å². The number of carbonyl (C=O) groups is 3. The van der Waals surface area contributed by atoms with Crippen molar-refractivity contribution in [3.63, 3.8) is 0 Å². The minimum absolute atomic E-state index is 0.0254. The molecule has 0 bridgehead atoms. The monoisotopic (exact) mass is 374 g/mol. The van der Waals surface area contributed by atoms with E-state index < -0.39 is 0 Å². The third-order valence-electron chi connectivity index (χ3n) is 3.17. The quantitative estimate of drug-likeness (QED) is 0.729. The van der Waals surface area contributed by atoms with Gasteiger partial charge < -0.3 is 10.6 Å². The van der Waals surface area contributed by atoms with Gasteiger partial charge >= 0.3 is 0 Å². The van der Waals surface area contributed by atoms with Gasteiger partial charge in [-0.2, -0.15) is 0 Å². The van der Waals surface area contributed by atoms with Crippen LogP contribution in [0.4, 0.5) is 5.69 Å². The van der Waals surface area contributed by atoms with Crippen LogP contribution in [0.1, 0.15) is 10.4 Å². The van der Waals surface area contributed by atoms with E-state index in [0.29, 0.717) is 11.3 Å². The summed E-state index contributed by atoms with van der Waals surface area (Å²) in [4.78, 5) is 36.6. The number of benzene rings is 2. The molecule has 0 unspecified atom stereocenters. The molecule has 7 heteroatoms. The number of carbonyl (C=O) groups excluding carboxylic acids is 3. The van der Waals surface area contributed by atoms with Gasteiger partial charge in [0.2, 0.25) is 16.9 Å². The SMILES string of the molecule is CSc1ccccc1NC(=O)CNC(=O)CSC(=O)c1ccccc1. The van der Waals surface area contributed by atoms with Crippen LogP contribution in [-0.4, -0.2) is 35.5 Å². The van der Waals surface area contributed by atoms with E-state index in [9.17, 15) is 14.4 Å². The van der Waals surface area contributed by atoms with Crippen molar-refractivity contribution in [2.75, 3.05) is 23.9 Å². The van der Waals surface area contributed by atoms with Crippen LogP contribution in [0.2, 0.25) is 0 Å². The Balaban J connectivity index is 1.74. The lowest BCUT2D eigenvalue weighted by Crippen LogP contribution is -2.34. The number of hydrogen-bond donors (Lipinski definition) is 2. The van der Waals surface area contributed by atoms with Crippen molar-refractivity contribution in [2.24, 2.45) is 0 Å². The van der Waals surface area contributed by atoms with Crippen LogP contribution >= 0.6 is 23.5 Å². The second-order valence-corrected chi connectivity index (χ2v) is 6.76. The lowest BCUT2D eigenvalue weighted by molar-refractivity contribution is -0.122. The summed E-state index contributed by atoms with van der Waals surface area (Å²) in [6.07, 6.45) is 1.92. The fourth-order valence-corrected chi connectivity index (χ4v) is 3.18. The van der Waals surface area contributed by atoms with Gasteiger partial charge in [0, 0.05) is 10.5 Å². The lowest BCUT2D eigenvalue weighted by Gasteiger charge is -2.09. The first-order valence-electron chi connectivity index (χ1n) is 7.52. The van der Waals surface area contributed by atoms with Crippen LogP contribution in [0, 0.1) is 0 Å². The van der Waals surface area contributed by atoms with E-state index in [0.717, 1.165) is 16.7 Å². The summed E-state index contributed by atoms with van der Waals surface area (Å²) in [7, 11) is 0. The Morgan fingerprint density at radius 1 is 0.920 bits per heavy atom. The number of para-hydroxylation sites is 1. The summed E-state index contributed by atoms with van der Waals surface area (Å²) < 4.78 is 0. The van der Waals surface area contributed by atoms with Gasteiger partial charge in [0.25, 0.3) is 0 Å². The van der Waals surface area contributed by atoms with Crippen molar-refractivity contribution in [1.29, 1.82) is 0 Å². The minimum atomic E-state index is -0.359. The Morgan fingerprint density at radius 2 is 1.60 bits per heavy atom. The van der Waals surface area contributed by atoms with Gasteiger partial charge in [0.15, 0.2) is 0 Å². The molecule has 2 N–H and O–H groups in total. The van der Waals surface area contributed by atoms with Gasteiger partial charge in [-0.25, -0.2) is 0 Å². The highest BCUT2D eigenvalue weighted by Gasteiger charge is 2.11. The molecule has 0 aliphatic heterocycles. The number of thioether (sulfide) groups is 2. The molecule has 0 saturated heterocycles. The molecular formula is C18H18N2O3S2. The Morgan fingerprint density at radius 3 is 2.32 bits per heavy atom. The molecule has 130 valence electrons. The highest BCUT2D eigenvalue weighted by molar-refractivity contribution is 8.14. The summed E-state index contributed by atoms with van der Waals surface area (Å²) >= 11 is 2.44. The average molecular weight is 374 g/mol. The van der Waals surface area contributed by atoms with E-state index >= 15 is 0 Å². The molecule has 2 rings (SSSR count). The van der Waals surface area contributed by atoms with Crippen LogP contribution in [0.15, 0.2) is 59.5 Å². The van der Waals surface area contributed by atoms with Crippen LogP contribution < -0.4 is 10.6 Å². The van der Waals surface area contributed by atoms with E-state index in [2.05, 4.69) is 10.6 Å². The second kappa shape index (κ2) is 9.90. The molecule has 0 spiro atoms. The summed E-state index contributed by atoms with van der Waals surface area (Å²) in [5.41, 5.74) is 1.26. The maximum absolute atomic E-state index is 11.9. The number of amides is 2. The normalized spacial score (nSPS) is 10.1. The van der Waals surface area contributed by atoms with Crippen molar-refractivity contribution in [2.45, 2.75) is 4.90 Å². The minimum Gasteiger partial charge on any atom is -0.346 e. The number of hydrogen-bond acceptors (Lipinski definition) is 5. The van der Waals surface area contributed by atoms with Crippen LogP contribution in [0.5, 0.6) is 0 Å². The molecule has 0 radical (unpaired) electrons. The standard InChI is InChI=1S/C18H18N2O3S2/c1-24-15-10-6-5-9-14(15)20-16(21)11-19-17(22)12-25-18(23)13-7-3-2-4-8-13/h2-10H,11-12H2,1H3,(H,19,22)(H,20,21). The molecule has 25 heavy (non-hydrogen) atoms. The zero-order valence-corrected chi connectivity index (χ0v) is 15.3. The zero-order chi connectivity index (χ0) is 18.1. The van der Waals surface area contributed by atoms with Gasteiger partial charge in [-0.1, -0.05) is 54.2 Å². The Bertz CT molecular complexity index is 751. The summed E-state index contributed by atoms with van der Waals surface area (Å²) in [6, 6.07) is 16.2. The van der Waals surface area contributed by atoms with Crippen LogP contribution in [-0.2, 0) is 9.59 Å². The topological polar surface area (TPSA) is 75.3 Å². The fourth-order valence-electron chi connectivity index (χ4n) is 1.96. The van der Waals surface area contributed by atoms with Crippen molar-refractivity contribution in [3.05, 3.63) is 60.2 Å². The first-order valence-corrected chi connectivity index (χ1v) is 9.73. The fraction of sp³-hybridized carbons (Fsp3) is 0.167.